The molecule has 1 aromatic carbocycles. The highest BCUT2D eigenvalue weighted by molar-refractivity contribution is 7.88. The molecule has 3 amide bonds. The first-order valence-corrected chi connectivity index (χ1v) is 11.1. The molecule has 27 heavy (non-hydrogen) atoms. The Morgan fingerprint density at radius 1 is 1.26 bits per heavy atom. The molecule has 0 saturated carbocycles. The SMILES string of the molecule is CS(=O)(=O)N[C@@H]1CCCN(C(=O)Nc2ccc(N3CCCC3=O)c(Cl)c2)C1. The fourth-order valence-electron chi connectivity index (χ4n) is 3.47. The van der Waals surface area contributed by atoms with Crippen LogP contribution in [0, 0.1) is 0 Å². The predicted octanol–water partition coefficient (Wildman–Crippen LogP) is 2.01. The largest absolute Gasteiger partial charge is 0.323 e. The number of halogens is 1. The lowest BCUT2D eigenvalue weighted by molar-refractivity contribution is -0.117. The van der Waals surface area contributed by atoms with E-state index in [-0.39, 0.29) is 18.0 Å². The van der Waals surface area contributed by atoms with Crippen LogP contribution in [0.1, 0.15) is 25.7 Å². The fourth-order valence-corrected chi connectivity index (χ4v) is 4.55. The molecule has 0 spiro atoms. The number of amides is 3. The number of piperidine rings is 1. The van der Waals surface area contributed by atoms with E-state index in [0.29, 0.717) is 48.9 Å². The van der Waals surface area contributed by atoms with Gasteiger partial charge in [-0.15, -0.1) is 0 Å². The molecule has 10 heteroatoms. The van der Waals surface area contributed by atoms with Gasteiger partial charge in [-0.3, -0.25) is 4.79 Å². The molecule has 2 fully saturated rings. The Morgan fingerprint density at radius 3 is 2.67 bits per heavy atom. The van der Waals surface area contributed by atoms with E-state index < -0.39 is 10.0 Å². The third-order valence-electron chi connectivity index (χ3n) is 4.65. The second kappa shape index (κ2) is 8.04. The van der Waals surface area contributed by atoms with E-state index >= 15 is 0 Å². The Balaban J connectivity index is 1.63. The molecule has 1 atom stereocenters. The summed E-state index contributed by atoms with van der Waals surface area (Å²) in [5.74, 6) is 0.0476. The summed E-state index contributed by atoms with van der Waals surface area (Å²) in [6.45, 7) is 1.52. The summed E-state index contributed by atoms with van der Waals surface area (Å²) >= 11 is 6.30. The van der Waals surface area contributed by atoms with Gasteiger partial charge >= 0.3 is 6.03 Å². The number of likely N-dealkylation sites (tertiary alicyclic amines) is 1. The van der Waals surface area contributed by atoms with Crippen molar-refractivity contribution >= 4 is 44.9 Å². The highest BCUT2D eigenvalue weighted by Crippen LogP contribution is 2.31. The maximum Gasteiger partial charge on any atom is 0.321 e. The molecule has 0 radical (unpaired) electrons. The molecule has 3 rings (SSSR count). The van der Waals surface area contributed by atoms with Crippen LogP contribution < -0.4 is 14.9 Å². The standard InChI is InChI=1S/C17H23ClN4O4S/c1-27(25,26)20-13-4-2-8-21(11-13)17(24)19-12-6-7-15(14(18)10-12)22-9-3-5-16(22)23/h6-7,10,13,20H,2-5,8-9,11H2,1H3,(H,19,24)/t13-/m1/s1. The van der Waals surface area contributed by atoms with Crippen molar-refractivity contribution in [2.24, 2.45) is 0 Å². The van der Waals surface area contributed by atoms with Crippen molar-refractivity contribution in [1.82, 2.24) is 9.62 Å². The first-order valence-electron chi connectivity index (χ1n) is 8.86. The first-order chi connectivity index (χ1) is 12.7. The Bertz CT molecular complexity index is 845. The van der Waals surface area contributed by atoms with Crippen LogP contribution in [-0.2, 0) is 14.8 Å². The second-order valence-electron chi connectivity index (χ2n) is 6.92. The first kappa shape index (κ1) is 19.9. The van der Waals surface area contributed by atoms with Gasteiger partial charge < -0.3 is 15.1 Å². The van der Waals surface area contributed by atoms with Crippen LogP contribution in [0.2, 0.25) is 5.02 Å². The fraction of sp³-hybridized carbons (Fsp3) is 0.529. The van der Waals surface area contributed by atoms with Gasteiger partial charge in [0, 0.05) is 37.8 Å². The zero-order chi connectivity index (χ0) is 19.6. The predicted molar refractivity (Wildman–Crippen MR) is 105 cm³/mol. The summed E-state index contributed by atoms with van der Waals surface area (Å²) in [4.78, 5) is 27.6. The average molecular weight is 415 g/mol. The number of nitrogens with zero attached hydrogens (tertiary/aromatic N) is 2. The quantitative estimate of drug-likeness (QED) is 0.787. The number of hydrogen-bond acceptors (Lipinski definition) is 4. The zero-order valence-corrected chi connectivity index (χ0v) is 16.6. The van der Waals surface area contributed by atoms with Gasteiger partial charge in [-0.1, -0.05) is 11.6 Å². The maximum absolute atomic E-state index is 12.5. The molecule has 2 aliphatic heterocycles. The van der Waals surface area contributed by atoms with Gasteiger partial charge in [-0.2, -0.15) is 0 Å². The number of carbonyl (C=O) groups is 2. The van der Waals surface area contributed by atoms with Gasteiger partial charge in [-0.25, -0.2) is 17.9 Å². The Labute approximate surface area is 163 Å². The van der Waals surface area contributed by atoms with Crippen molar-refractivity contribution in [2.45, 2.75) is 31.7 Å². The normalized spacial score (nSPS) is 20.8. The third kappa shape index (κ3) is 5.12. The topological polar surface area (TPSA) is 98.8 Å². The van der Waals surface area contributed by atoms with Gasteiger partial charge in [0.2, 0.25) is 15.9 Å². The van der Waals surface area contributed by atoms with Crippen LogP contribution in [0.5, 0.6) is 0 Å². The van der Waals surface area contributed by atoms with Gasteiger partial charge in [0.05, 0.1) is 17.0 Å². The number of rotatable bonds is 4. The lowest BCUT2D eigenvalue weighted by Gasteiger charge is -2.32. The molecule has 0 aliphatic carbocycles. The molecule has 2 saturated heterocycles. The summed E-state index contributed by atoms with van der Waals surface area (Å²) in [5.41, 5.74) is 1.17. The average Bonchev–Trinajstić information content (AvgIpc) is 2.99. The summed E-state index contributed by atoms with van der Waals surface area (Å²) < 4.78 is 25.3. The molecule has 8 nitrogen and oxygen atoms in total. The molecule has 1 aromatic rings. The van der Waals surface area contributed by atoms with E-state index in [1.54, 1.807) is 28.0 Å². The van der Waals surface area contributed by atoms with E-state index in [4.69, 9.17) is 11.6 Å². The van der Waals surface area contributed by atoms with Gasteiger partial charge in [0.15, 0.2) is 0 Å². The van der Waals surface area contributed by atoms with Crippen LogP contribution >= 0.6 is 11.6 Å². The van der Waals surface area contributed by atoms with Crippen molar-refractivity contribution < 1.29 is 18.0 Å². The number of benzene rings is 1. The van der Waals surface area contributed by atoms with E-state index in [9.17, 15) is 18.0 Å². The Morgan fingerprint density at radius 2 is 2.04 bits per heavy atom. The molecule has 0 aromatic heterocycles. The van der Waals surface area contributed by atoms with Crippen LogP contribution in [0.15, 0.2) is 18.2 Å². The van der Waals surface area contributed by atoms with Crippen LogP contribution in [0.25, 0.3) is 0 Å². The number of hydrogen-bond donors (Lipinski definition) is 2. The van der Waals surface area contributed by atoms with Crippen molar-refractivity contribution in [1.29, 1.82) is 0 Å². The Kier molecular flexibility index (Phi) is 5.92. The summed E-state index contributed by atoms with van der Waals surface area (Å²) in [6, 6.07) is 4.46. The molecule has 2 aliphatic rings. The number of sulfonamides is 1. The Hall–Kier alpha value is -1.84. The number of nitrogens with one attached hydrogen (secondary N) is 2. The maximum atomic E-state index is 12.5. The van der Waals surface area contributed by atoms with Crippen molar-refractivity contribution in [3.05, 3.63) is 23.2 Å². The zero-order valence-electron chi connectivity index (χ0n) is 15.1. The summed E-state index contributed by atoms with van der Waals surface area (Å²) in [6.07, 6.45) is 3.86. The minimum absolute atomic E-state index is 0.0476. The molecule has 0 unspecified atom stereocenters. The molecule has 148 valence electrons. The summed E-state index contributed by atoms with van der Waals surface area (Å²) in [5, 5.41) is 3.19. The van der Waals surface area contributed by atoms with Gasteiger partial charge in [0.1, 0.15) is 0 Å². The number of anilines is 2. The van der Waals surface area contributed by atoms with E-state index in [0.717, 1.165) is 19.1 Å². The lowest BCUT2D eigenvalue weighted by Crippen LogP contribution is -2.50. The minimum Gasteiger partial charge on any atom is -0.323 e. The van der Waals surface area contributed by atoms with E-state index in [1.807, 2.05) is 0 Å². The smallest absolute Gasteiger partial charge is 0.321 e. The molecule has 2 N–H and O–H groups in total. The second-order valence-corrected chi connectivity index (χ2v) is 9.11. The van der Waals surface area contributed by atoms with Gasteiger partial charge in [0.25, 0.3) is 0 Å². The third-order valence-corrected chi connectivity index (χ3v) is 5.72. The van der Waals surface area contributed by atoms with Crippen molar-refractivity contribution in [3.63, 3.8) is 0 Å². The number of urea groups is 1. The van der Waals surface area contributed by atoms with Crippen LogP contribution in [0.4, 0.5) is 16.2 Å². The highest BCUT2D eigenvalue weighted by atomic mass is 35.5. The van der Waals surface area contributed by atoms with Gasteiger partial charge in [-0.05, 0) is 37.5 Å². The van der Waals surface area contributed by atoms with E-state index in [2.05, 4.69) is 10.0 Å². The monoisotopic (exact) mass is 414 g/mol. The molecule has 2 heterocycles. The van der Waals surface area contributed by atoms with E-state index in [1.165, 1.54) is 0 Å². The number of carbonyl (C=O) groups excluding carboxylic acids is 2. The van der Waals surface area contributed by atoms with Crippen LogP contribution in [-0.4, -0.2) is 57.2 Å². The molecular formula is C17H23ClN4O4S. The lowest BCUT2D eigenvalue weighted by atomic mass is 10.1. The highest BCUT2D eigenvalue weighted by Gasteiger charge is 2.26. The molecule has 0 bridgehead atoms. The van der Waals surface area contributed by atoms with Crippen molar-refractivity contribution in [3.8, 4) is 0 Å². The molecular weight excluding hydrogens is 392 g/mol. The summed E-state index contributed by atoms with van der Waals surface area (Å²) in [7, 11) is -3.31. The minimum atomic E-state index is -3.31. The van der Waals surface area contributed by atoms with Crippen LogP contribution in [0.3, 0.4) is 0 Å². The van der Waals surface area contributed by atoms with Crippen molar-refractivity contribution in [2.75, 3.05) is 36.1 Å².